The van der Waals surface area contributed by atoms with Gasteiger partial charge in [0, 0.05) is 25.7 Å². The molecule has 1 aromatic carbocycles. The number of alkyl carbamates (subject to hydrolysis) is 1. The first-order chi connectivity index (χ1) is 21.7. The van der Waals surface area contributed by atoms with E-state index < -0.39 is 41.3 Å². The lowest BCUT2D eigenvalue weighted by atomic mass is 10.2. The maximum absolute atomic E-state index is 12.9. The van der Waals surface area contributed by atoms with Gasteiger partial charge in [-0.15, -0.1) is 10.2 Å². The predicted molar refractivity (Wildman–Crippen MR) is 172 cm³/mol. The van der Waals surface area contributed by atoms with E-state index in [1.54, 1.807) is 78.1 Å². The van der Waals surface area contributed by atoms with Crippen molar-refractivity contribution in [2.45, 2.75) is 84.7 Å². The van der Waals surface area contributed by atoms with Crippen LogP contribution in [0.2, 0.25) is 0 Å². The summed E-state index contributed by atoms with van der Waals surface area (Å²) in [4.78, 5) is 56.7. The fraction of sp³-hybridized carbons (Fsp3) is 0.469. The summed E-state index contributed by atoms with van der Waals surface area (Å²) in [6.07, 6.45) is 2.12. The molecule has 0 saturated carbocycles. The van der Waals surface area contributed by atoms with Crippen molar-refractivity contribution >= 4 is 41.2 Å². The number of aryl methyl sites for hydroxylation is 1. The Morgan fingerprint density at radius 3 is 2.24 bits per heavy atom. The molecule has 3 amide bonds. The lowest BCUT2D eigenvalue weighted by Crippen LogP contribution is -2.50. The van der Waals surface area contributed by atoms with E-state index in [9.17, 15) is 19.2 Å². The van der Waals surface area contributed by atoms with E-state index in [1.807, 2.05) is 18.2 Å². The van der Waals surface area contributed by atoms with Gasteiger partial charge in [0.25, 0.3) is 5.91 Å². The van der Waals surface area contributed by atoms with E-state index in [0.717, 1.165) is 16.9 Å². The lowest BCUT2D eigenvalue weighted by molar-refractivity contribution is -0.157. The molecule has 0 aliphatic heterocycles. The standard InChI is InChI=1S/C32H42N6O7S/c1-31(2,3)44-28(40)23(35-29(41)43-21-22-14-8-7-9-15-22)20-34-26(39)27-37-36-25(46-27)17-11-13-19-38(24-16-10-12-18-33-24)30(42)45-32(4,5)6/h7-10,12,14-16,18,23H,11,13,17,19-21H2,1-6H3,(H,34,39)(H,35,41). The van der Waals surface area contributed by atoms with Crippen molar-refractivity contribution in [2.24, 2.45) is 0 Å². The van der Waals surface area contributed by atoms with Crippen LogP contribution in [0.4, 0.5) is 15.4 Å². The fourth-order valence-corrected chi connectivity index (χ4v) is 4.66. The summed E-state index contributed by atoms with van der Waals surface area (Å²) < 4.78 is 16.2. The molecular formula is C32H42N6O7S. The number of pyridine rings is 1. The number of nitrogens with one attached hydrogen (secondary N) is 2. The molecule has 2 heterocycles. The van der Waals surface area contributed by atoms with Crippen molar-refractivity contribution in [3.05, 3.63) is 70.3 Å². The van der Waals surface area contributed by atoms with E-state index in [2.05, 4.69) is 25.8 Å². The van der Waals surface area contributed by atoms with Gasteiger partial charge < -0.3 is 24.8 Å². The molecular weight excluding hydrogens is 612 g/mol. The Balaban J connectivity index is 1.53. The maximum Gasteiger partial charge on any atom is 0.416 e. The molecule has 248 valence electrons. The summed E-state index contributed by atoms with van der Waals surface area (Å²) in [5.41, 5.74) is -0.687. The van der Waals surface area contributed by atoms with Crippen LogP contribution in [-0.4, -0.2) is 69.6 Å². The Morgan fingerprint density at radius 1 is 0.891 bits per heavy atom. The minimum Gasteiger partial charge on any atom is -0.458 e. The van der Waals surface area contributed by atoms with Crippen molar-refractivity contribution in [2.75, 3.05) is 18.0 Å². The van der Waals surface area contributed by atoms with Crippen LogP contribution in [0, 0.1) is 0 Å². The first kappa shape index (κ1) is 35.9. The number of hydrogen-bond donors (Lipinski definition) is 2. The van der Waals surface area contributed by atoms with Crippen LogP contribution >= 0.6 is 11.3 Å². The molecule has 2 N–H and O–H groups in total. The Kier molecular flexibility index (Phi) is 13.0. The largest absolute Gasteiger partial charge is 0.458 e. The highest BCUT2D eigenvalue weighted by Crippen LogP contribution is 2.18. The van der Waals surface area contributed by atoms with Gasteiger partial charge in [0.2, 0.25) is 5.01 Å². The average molecular weight is 655 g/mol. The van der Waals surface area contributed by atoms with Crippen LogP contribution in [0.3, 0.4) is 0 Å². The van der Waals surface area contributed by atoms with Gasteiger partial charge in [0.1, 0.15) is 34.7 Å². The van der Waals surface area contributed by atoms with Gasteiger partial charge in [0.15, 0.2) is 0 Å². The number of carbonyl (C=O) groups excluding carboxylic acids is 4. The molecule has 0 saturated heterocycles. The van der Waals surface area contributed by atoms with Crippen LogP contribution in [0.15, 0.2) is 54.7 Å². The number of esters is 1. The number of benzene rings is 1. The minimum atomic E-state index is -1.20. The number of carbonyl (C=O) groups is 4. The molecule has 2 aromatic heterocycles. The lowest BCUT2D eigenvalue weighted by Gasteiger charge is -2.26. The van der Waals surface area contributed by atoms with Crippen molar-refractivity contribution < 1.29 is 33.4 Å². The van der Waals surface area contributed by atoms with E-state index in [1.165, 1.54) is 4.90 Å². The summed E-state index contributed by atoms with van der Waals surface area (Å²) >= 11 is 1.12. The van der Waals surface area contributed by atoms with Gasteiger partial charge in [-0.1, -0.05) is 47.7 Å². The summed E-state index contributed by atoms with van der Waals surface area (Å²) in [5, 5.41) is 13.9. The molecule has 0 aliphatic carbocycles. The number of unbranched alkanes of at least 4 members (excludes halogenated alkanes) is 1. The second-order valence-corrected chi connectivity index (χ2v) is 13.3. The third-order valence-corrected chi connectivity index (χ3v) is 6.87. The van der Waals surface area contributed by atoms with Crippen molar-refractivity contribution in [1.29, 1.82) is 0 Å². The molecule has 13 nitrogen and oxygen atoms in total. The number of nitrogens with zero attached hydrogens (tertiary/aromatic N) is 4. The molecule has 1 atom stereocenters. The van der Waals surface area contributed by atoms with Gasteiger partial charge in [-0.25, -0.2) is 19.4 Å². The normalized spacial score (nSPS) is 12.0. The smallest absolute Gasteiger partial charge is 0.416 e. The predicted octanol–water partition coefficient (Wildman–Crippen LogP) is 5.06. The van der Waals surface area contributed by atoms with E-state index in [4.69, 9.17) is 14.2 Å². The second kappa shape index (κ2) is 16.6. The molecule has 1 unspecified atom stereocenters. The third-order valence-electron chi connectivity index (χ3n) is 5.89. The molecule has 46 heavy (non-hydrogen) atoms. The van der Waals surface area contributed by atoms with Crippen LogP contribution in [-0.2, 0) is 32.0 Å². The molecule has 3 aromatic rings. The summed E-state index contributed by atoms with van der Waals surface area (Å²) in [5.74, 6) is -0.785. The summed E-state index contributed by atoms with van der Waals surface area (Å²) in [7, 11) is 0. The zero-order chi connectivity index (χ0) is 33.7. The molecule has 0 aliphatic rings. The van der Waals surface area contributed by atoms with Gasteiger partial charge in [-0.2, -0.15) is 0 Å². The number of anilines is 1. The van der Waals surface area contributed by atoms with Crippen molar-refractivity contribution in [3.63, 3.8) is 0 Å². The number of rotatable bonds is 13. The van der Waals surface area contributed by atoms with E-state index in [-0.39, 0.29) is 18.2 Å². The van der Waals surface area contributed by atoms with E-state index >= 15 is 0 Å². The highest BCUT2D eigenvalue weighted by Gasteiger charge is 2.29. The first-order valence-electron chi connectivity index (χ1n) is 14.9. The minimum absolute atomic E-state index is 0.00973. The van der Waals surface area contributed by atoms with Crippen molar-refractivity contribution in [3.8, 4) is 0 Å². The number of amides is 3. The highest BCUT2D eigenvalue weighted by molar-refractivity contribution is 7.13. The van der Waals surface area contributed by atoms with Gasteiger partial charge in [-0.3, -0.25) is 9.69 Å². The zero-order valence-corrected chi connectivity index (χ0v) is 27.9. The summed E-state index contributed by atoms with van der Waals surface area (Å²) in [6.45, 7) is 10.7. The van der Waals surface area contributed by atoms with Gasteiger partial charge in [0.05, 0.1) is 0 Å². The van der Waals surface area contributed by atoms with Crippen LogP contribution in [0.5, 0.6) is 0 Å². The Labute approximate surface area is 273 Å². The zero-order valence-electron chi connectivity index (χ0n) is 27.1. The maximum atomic E-state index is 12.9. The topological polar surface area (TPSA) is 162 Å². The molecule has 0 spiro atoms. The summed E-state index contributed by atoms with van der Waals surface area (Å²) in [6, 6.07) is 13.2. The van der Waals surface area contributed by atoms with E-state index in [0.29, 0.717) is 36.6 Å². The molecule has 3 rings (SSSR count). The Hall–Kier alpha value is -4.59. The fourth-order valence-electron chi connectivity index (χ4n) is 3.87. The quantitative estimate of drug-likeness (QED) is 0.145. The Bertz CT molecular complexity index is 1440. The Morgan fingerprint density at radius 2 is 1.59 bits per heavy atom. The second-order valence-electron chi connectivity index (χ2n) is 12.3. The molecule has 14 heteroatoms. The first-order valence-corrected chi connectivity index (χ1v) is 15.7. The highest BCUT2D eigenvalue weighted by atomic mass is 32.1. The number of hydrogen-bond acceptors (Lipinski definition) is 11. The third kappa shape index (κ3) is 12.8. The SMILES string of the molecule is CC(C)(C)OC(=O)C(CNC(=O)c1nnc(CCCCN(C(=O)OC(C)(C)C)c2ccccn2)s1)NC(=O)OCc1ccccc1. The van der Waals surface area contributed by atoms with Gasteiger partial charge >= 0.3 is 18.2 Å². The van der Waals surface area contributed by atoms with Gasteiger partial charge in [-0.05, 0) is 72.1 Å². The van der Waals surface area contributed by atoms with Crippen LogP contribution < -0.4 is 15.5 Å². The number of aromatic nitrogens is 3. The van der Waals surface area contributed by atoms with Crippen molar-refractivity contribution in [1.82, 2.24) is 25.8 Å². The number of ether oxygens (including phenoxy) is 3. The molecule has 0 radical (unpaired) electrons. The van der Waals surface area contributed by atoms with Crippen LogP contribution in [0.25, 0.3) is 0 Å². The average Bonchev–Trinajstić information content (AvgIpc) is 3.46. The molecule has 0 bridgehead atoms. The van der Waals surface area contributed by atoms with Crippen LogP contribution in [0.1, 0.15) is 74.8 Å². The molecule has 0 fully saturated rings. The monoisotopic (exact) mass is 654 g/mol.